The first-order valence-electron chi connectivity index (χ1n) is 5.07. The van der Waals surface area contributed by atoms with E-state index in [9.17, 15) is 0 Å². The third kappa shape index (κ3) is 1.63. The smallest absolute Gasteiger partial charge is 0.165 e. The van der Waals surface area contributed by atoms with E-state index in [1.165, 1.54) is 10.8 Å². The normalized spacial score (nSPS) is 10.5. The van der Waals surface area contributed by atoms with E-state index in [0.717, 1.165) is 11.5 Å². The molecule has 0 aliphatic carbocycles. The van der Waals surface area contributed by atoms with Gasteiger partial charge in [0, 0.05) is 0 Å². The summed E-state index contributed by atoms with van der Waals surface area (Å²) in [5.74, 6) is 1.54. The molecule has 0 bridgehead atoms. The van der Waals surface area contributed by atoms with Gasteiger partial charge in [0.1, 0.15) is 5.75 Å². The average molecular weight is 210 g/mol. The van der Waals surface area contributed by atoms with Crippen LogP contribution in [0.1, 0.15) is 0 Å². The van der Waals surface area contributed by atoms with Gasteiger partial charge in [-0.05, 0) is 22.9 Å². The Morgan fingerprint density at radius 3 is 2.62 bits per heavy atom. The molecule has 16 heavy (non-hydrogen) atoms. The number of ether oxygens (including phenoxy) is 1. The van der Waals surface area contributed by atoms with Crippen molar-refractivity contribution < 1.29 is 4.74 Å². The molecule has 78 valence electrons. The molecule has 0 fully saturated rings. The van der Waals surface area contributed by atoms with Crippen LogP contribution in [0.25, 0.3) is 10.8 Å². The molecule has 0 amide bonds. The number of rotatable bonds is 2. The van der Waals surface area contributed by atoms with Crippen molar-refractivity contribution in [3.05, 3.63) is 54.9 Å². The Balaban J connectivity index is 1.99. The molecule has 0 atom stereocenters. The van der Waals surface area contributed by atoms with Gasteiger partial charge in [-0.25, -0.2) is 0 Å². The number of aromatic amines is 1. The van der Waals surface area contributed by atoms with Crippen molar-refractivity contribution in [2.75, 3.05) is 0 Å². The largest absolute Gasteiger partial charge is 0.454 e. The molecule has 3 heteroatoms. The highest BCUT2D eigenvalue weighted by Crippen LogP contribution is 2.24. The zero-order chi connectivity index (χ0) is 10.8. The third-order valence-corrected chi connectivity index (χ3v) is 2.43. The fourth-order valence-corrected chi connectivity index (χ4v) is 1.66. The SMILES string of the molecule is c1ccc2cc(Oc3cn[nH]c3)ccc2c1. The van der Waals surface area contributed by atoms with E-state index in [0.29, 0.717) is 0 Å². The number of H-pyrrole nitrogens is 1. The quantitative estimate of drug-likeness (QED) is 0.704. The average Bonchev–Trinajstić information content (AvgIpc) is 2.82. The molecule has 0 spiro atoms. The lowest BCUT2D eigenvalue weighted by Gasteiger charge is -2.03. The van der Waals surface area contributed by atoms with Crippen LogP contribution < -0.4 is 4.74 Å². The van der Waals surface area contributed by atoms with E-state index in [4.69, 9.17) is 4.74 Å². The lowest BCUT2D eigenvalue weighted by molar-refractivity contribution is 0.484. The summed E-state index contributed by atoms with van der Waals surface area (Å²) in [6.45, 7) is 0. The van der Waals surface area contributed by atoms with Crippen LogP contribution in [0.15, 0.2) is 54.9 Å². The fourth-order valence-electron chi connectivity index (χ4n) is 1.66. The minimum absolute atomic E-state index is 0.718. The first kappa shape index (κ1) is 8.97. The summed E-state index contributed by atoms with van der Waals surface area (Å²) < 4.78 is 5.63. The van der Waals surface area contributed by atoms with Gasteiger partial charge < -0.3 is 4.74 Å². The molecular formula is C13H10N2O. The maximum absolute atomic E-state index is 5.63. The van der Waals surface area contributed by atoms with E-state index in [1.807, 2.05) is 30.3 Å². The van der Waals surface area contributed by atoms with Crippen LogP contribution in [-0.4, -0.2) is 10.2 Å². The molecule has 0 unspecified atom stereocenters. The van der Waals surface area contributed by atoms with Crippen molar-refractivity contribution in [1.29, 1.82) is 0 Å². The van der Waals surface area contributed by atoms with Crippen molar-refractivity contribution in [3.8, 4) is 11.5 Å². The van der Waals surface area contributed by atoms with E-state index >= 15 is 0 Å². The van der Waals surface area contributed by atoms with Gasteiger partial charge >= 0.3 is 0 Å². The minimum atomic E-state index is 0.718. The predicted molar refractivity (Wildman–Crippen MR) is 62.6 cm³/mol. The number of aromatic nitrogens is 2. The summed E-state index contributed by atoms with van der Waals surface area (Å²) in [6, 6.07) is 14.2. The van der Waals surface area contributed by atoms with Gasteiger partial charge in [0.25, 0.3) is 0 Å². The summed E-state index contributed by atoms with van der Waals surface area (Å²) in [5.41, 5.74) is 0. The second kappa shape index (κ2) is 3.70. The van der Waals surface area contributed by atoms with Crippen LogP contribution >= 0.6 is 0 Å². The summed E-state index contributed by atoms with van der Waals surface area (Å²) >= 11 is 0. The standard InChI is InChI=1S/C13H10N2O/c1-2-4-11-7-12(6-5-10(11)3-1)16-13-8-14-15-9-13/h1-9H,(H,14,15). The second-order valence-electron chi connectivity index (χ2n) is 3.55. The van der Waals surface area contributed by atoms with Crippen molar-refractivity contribution in [1.82, 2.24) is 10.2 Å². The number of hydrogen-bond donors (Lipinski definition) is 1. The third-order valence-electron chi connectivity index (χ3n) is 2.43. The molecule has 0 saturated heterocycles. The van der Waals surface area contributed by atoms with Gasteiger partial charge in [0.2, 0.25) is 0 Å². The lowest BCUT2D eigenvalue weighted by atomic mass is 10.1. The zero-order valence-corrected chi connectivity index (χ0v) is 8.55. The Bertz CT molecular complexity index is 602. The number of nitrogens with one attached hydrogen (secondary N) is 1. The molecule has 1 heterocycles. The van der Waals surface area contributed by atoms with Crippen LogP contribution in [0.2, 0.25) is 0 Å². The van der Waals surface area contributed by atoms with Crippen LogP contribution in [0.4, 0.5) is 0 Å². The van der Waals surface area contributed by atoms with E-state index in [1.54, 1.807) is 12.4 Å². The summed E-state index contributed by atoms with van der Waals surface area (Å²) in [7, 11) is 0. The predicted octanol–water partition coefficient (Wildman–Crippen LogP) is 3.36. The Morgan fingerprint density at radius 2 is 1.81 bits per heavy atom. The Labute approximate surface area is 92.7 Å². The topological polar surface area (TPSA) is 37.9 Å². The highest BCUT2D eigenvalue weighted by Gasteiger charge is 1.99. The number of benzene rings is 2. The molecule has 3 nitrogen and oxygen atoms in total. The Kier molecular flexibility index (Phi) is 2.07. The van der Waals surface area contributed by atoms with E-state index < -0.39 is 0 Å². The second-order valence-corrected chi connectivity index (χ2v) is 3.55. The van der Waals surface area contributed by atoms with Gasteiger partial charge in [0.15, 0.2) is 5.75 Å². The zero-order valence-electron chi connectivity index (χ0n) is 8.55. The molecule has 0 aliphatic rings. The molecule has 0 saturated carbocycles. The van der Waals surface area contributed by atoms with Crippen molar-refractivity contribution in [2.24, 2.45) is 0 Å². The first-order valence-corrected chi connectivity index (χ1v) is 5.07. The number of hydrogen-bond acceptors (Lipinski definition) is 2. The highest BCUT2D eigenvalue weighted by molar-refractivity contribution is 5.83. The summed E-state index contributed by atoms with van der Waals surface area (Å²) in [5, 5.41) is 8.92. The first-order chi connectivity index (χ1) is 7.92. The van der Waals surface area contributed by atoms with Gasteiger partial charge in [-0.2, -0.15) is 5.10 Å². The van der Waals surface area contributed by atoms with Gasteiger partial charge in [-0.15, -0.1) is 0 Å². The summed E-state index contributed by atoms with van der Waals surface area (Å²) in [4.78, 5) is 0. The molecular weight excluding hydrogens is 200 g/mol. The Hall–Kier alpha value is -2.29. The number of nitrogens with zero attached hydrogens (tertiary/aromatic N) is 1. The molecule has 1 aromatic heterocycles. The fraction of sp³-hybridized carbons (Fsp3) is 0. The van der Waals surface area contributed by atoms with Crippen LogP contribution in [-0.2, 0) is 0 Å². The van der Waals surface area contributed by atoms with Crippen molar-refractivity contribution >= 4 is 10.8 Å². The van der Waals surface area contributed by atoms with E-state index in [2.05, 4.69) is 22.3 Å². The molecule has 2 aromatic carbocycles. The van der Waals surface area contributed by atoms with Crippen molar-refractivity contribution in [3.63, 3.8) is 0 Å². The molecule has 0 aliphatic heterocycles. The molecule has 1 N–H and O–H groups in total. The molecule has 3 rings (SSSR count). The van der Waals surface area contributed by atoms with Gasteiger partial charge in [0.05, 0.1) is 12.4 Å². The van der Waals surface area contributed by atoms with Gasteiger partial charge in [-0.1, -0.05) is 30.3 Å². The van der Waals surface area contributed by atoms with Gasteiger partial charge in [-0.3, -0.25) is 5.10 Å². The highest BCUT2D eigenvalue weighted by atomic mass is 16.5. The maximum atomic E-state index is 5.63. The monoisotopic (exact) mass is 210 g/mol. The maximum Gasteiger partial charge on any atom is 0.165 e. The van der Waals surface area contributed by atoms with E-state index in [-0.39, 0.29) is 0 Å². The van der Waals surface area contributed by atoms with Crippen LogP contribution in [0, 0.1) is 0 Å². The minimum Gasteiger partial charge on any atom is -0.454 e. The number of fused-ring (bicyclic) bond motifs is 1. The van der Waals surface area contributed by atoms with Crippen molar-refractivity contribution in [2.45, 2.75) is 0 Å². The lowest BCUT2D eigenvalue weighted by Crippen LogP contribution is -1.81. The van der Waals surface area contributed by atoms with Crippen LogP contribution in [0.5, 0.6) is 11.5 Å². The van der Waals surface area contributed by atoms with Crippen LogP contribution in [0.3, 0.4) is 0 Å². The molecule has 0 radical (unpaired) electrons. The Morgan fingerprint density at radius 1 is 0.938 bits per heavy atom. The molecule has 3 aromatic rings. The summed E-state index contributed by atoms with van der Waals surface area (Å²) in [6.07, 6.45) is 3.37.